The van der Waals surface area contributed by atoms with Crippen LogP contribution in [0, 0.1) is 0 Å². The predicted molar refractivity (Wildman–Crippen MR) is 96.5 cm³/mol. The van der Waals surface area contributed by atoms with Crippen LogP contribution in [0.2, 0.25) is 0 Å². The van der Waals surface area contributed by atoms with Crippen LogP contribution in [0.25, 0.3) is 0 Å². The summed E-state index contributed by atoms with van der Waals surface area (Å²) in [5.74, 6) is 0.0604. The Morgan fingerprint density at radius 3 is 2.48 bits per heavy atom. The normalized spacial score (nSPS) is 16.0. The van der Waals surface area contributed by atoms with Crippen LogP contribution in [-0.2, 0) is 10.0 Å². The van der Waals surface area contributed by atoms with Gasteiger partial charge in [0.15, 0.2) is 0 Å². The number of sulfonamides is 1. The highest BCUT2D eigenvalue weighted by Crippen LogP contribution is 2.25. The number of hydrogen-bond acceptors (Lipinski definition) is 5. The Bertz CT molecular complexity index is 696. The highest BCUT2D eigenvalue weighted by molar-refractivity contribution is 7.89. The van der Waals surface area contributed by atoms with Gasteiger partial charge in [-0.25, -0.2) is 8.42 Å². The van der Waals surface area contributed by atoms with Gasteiger partial charge in [0.2, 0.25) is 10.0 Å². The van der Waals surface area contributed by atoms with E-state index in [2.05, 4.69) is 10.6 Å². The molecule has 1 heterocycles. The summed E-state index contributed by atoms with van der Waals surface area (Å²) < 4.78 is 32.0. The van der Waals surface area contributed by atoms with Crippen molar-refractivity contribution in [3.8, 4) is 5.75 Å². The third-order valence-electron chi connectivity index (χ3n) is 4.43. The van der Waals surface area contributed by atoms with E-state index in [9.17, 15) is 13.2 Å². The first-order chi connectivity index (χ1) is 11.9. The molecule has 0 spiro atoms. The SMILES string of the molecule is CCN(CC)S(=O)(=O)c1ccc(OC)c(C(=O)NC2CCNCC2)c1. The minimum absolute atomic E-state index is 0.0847. The maximum atomic E-state index is 12.7. The summed E-state index contributed by atoms with van der Waals surface area (Å²) in [7, 11) is -2.16. The molecule has 0 aliphatic carbocycles. The van der Waals surface area contributed by atoms with Crippen molar-refractivity contribution in [2.75, 3.05) is 33.3 Å². The zero-order valence-electron chi connectivity index (χ0n) is 15.0. The molecule has 0 bridgehead atoms. The van der Waals surface area contributed by atoms with Crippen molar-refractivity contribution in [1.82, 2.24) is 14.9 Å². The molecular formula is C17H27N3O4S. The molecule has 7 nitrogen and oxygen atoms in total. The van der Waals surface area contributed by atoms with Crippen LogP contribution in [0.15, 0.2) is 23.1 Å². The number of ether oxygens (including phenoxy) is 1. The number of rotatable bonds is 7. The molecule has 1 aliphatic rings. The molecule has 0 saturated carbocycles. The Hall–Kier alpha value is -1.64. The summed E-state index contributed by atoms with van der Waals surface area (Å²) in [5, 5.41) is 6.22. The van der Waals surface area contributed by atoms with Crippen molar-refractivity contribution < 1.29 is 17.9 Å². The summed E-state index contributed by atoms with van der Waals surface area (Å²) in [6.07, 6.45) is 1.71. The van der Waals surface area contributed by atoms with E-state index in [1.165, 1.54) is 29.6 Å². The van der Waals surface area contributed by atoms with E-state index in [-0.39, 0.29) is 22.4 Å². The van der Waals surface area contributed by atoms with Gasteiger partial charge in [0.25, 0.3) is 5.91 Å². The summed E-state index contributed by atoms with van der Waals surface area (Å²) in [6.45, 7) is 6.05. The molecule has 0 unspecified atom stereocenters. The standard InChI is InChI=1S/C17H27N3O4S/c1-4-20(5-2)25(22,23)14-6-7-16(24-3)15(12-14)17(21)19-13-8-10-18-11-9-13/h6-7,12-13,18H,4-5,8-11H2,1-3H3,(H,19,21). The van der Waals surface area contributed by atoms with E-state index in [1.807, 2.05) is 0 Å². The molecular weight excluding hydrogens is 342 g/mol. The van der Waals surface area contributed by atoms with Crippen LogP contribution in [-0.4, -0.2) is 58.0 Å². The molecule has 1 aromatic rings. The van der Waals surface area contributed by atoms with Gasteiger partial charge in [-0.2, -0.15) is 4.31 Å². The molecule has 1 aromatic carbocycles. The molecule has 25 heavy (non-hydrogen) atoms. The number of amides is 1. The lowest BCUT2D eigenvalue weighted by molar-refractivity contribution is 0.0926. The fraction of sp³-hybridized carbons (Fsp3) is 0.588. The van der Waals surface area contributed by atoms with Crippen molar-refractivity contribution in [2.24, 2.45) is 0 Å². The van der Waals surface area contributed by atoms with Crippen LogP contribution in [0.5, 0.6) is 5.75 Å². The molecule has 140 valence electrons. The number of piperidine rings is 1. The maximum Gasteiger partial charge on any atom is 0.255 e. The fourth-order valence-electron chi connectivity index (χ4n) is 2.97. The molecule has 0 atom stereocenters. The van der Waals surface area contributed by atoms with Crippen molar-refractivity contribution in [3.05, 3.63) is 23.8 Å². The molecule has 2 rings (SSSR count). The minimum atomic E-state index is -3.63. The first-order valence-electron chi connectivity index (χ1n) is 8.63. The van der Waals surface area contributed by atoms with E-state index in [0.717, 1.165) is 25.9 Å². The topological polar surface area (TPSA) is 87.7 Å². The van der Waals surface area contributed by atoms with Crippen molar-refractivity contribution in [1.29, 1.82) is 0 Å². The molecule has 2 N–H and O–H groups in total. The second-order valence-electron chi connectivity index (χ2n) is 5.95. The first-order valence-corrected chi connectivity index (χ1v) is 10.1. The van der Waals surface area contributed by atoms with Crippen LogP contribution in [0.3, 0.4) is 0 Å². The number of hydrogen-bond donors (Lipinski definition) is 2. The van der Waals surface area contributed by atoms with E-state index >= 15 is 0 Å². The second kappa shape index (κ2) is 8.64. The quantitative estimate of drug-likeness (QED) is 0.754. The molecule has 1 amide bonds. The Balaban J connectivity index is 2.31. The van der Waals surface area contributed by atoms with E-state index in [4.69, 9.17) is 4.74 Å². The molecule has 8 heteroatoms. The van der Waals surface area contributed by atoms with Gasteiger partial charge in [-0.15, -0.1) is 0 Å². The number of methoxy groups -OCH3 is 1. The summed E-state index contributed by atoms with van der Waals surface area (Å²) >= 11 is 0. The van der Waals surface area contributed by atoms with Crippen molar-refractivity contribution >= 4 is 15.9 Å². The fourth-order valence-corrected chi connectivity index (χ4v) is 4.45. The van der Waals surface area contributed by atoms with Crippen molar-refractivity contribution in [2.45, 2.75) is 37.6 Å². The van der Waals surface area contributed by atoms with E-state index in [0.29, 0.717) is 18.8 Å². The van der Waals surface area contributed by atoms with E-state index < -0.39 is 10.0 Å². The zero-order chi connectivity index (χ0) is 18.4. The first kappa shape index (κ1) is 19.7. The molecule has 1 fully saturated rings. The number of nitrogens with zero attached hydrogens (tertiary/aromatic N) is 1. The van der Waals surface area contributed by atoms with Gasteiger partial charge in [-0.1, -0.05) is 13.8 Å². The number of benzene rings is 1. The van der Waals surface area contributed by atoms with Gasteiger partial charge in [0, 0.05) is 19.1 Å². The molecule has 0 aromatic heterocycles. The highest BCUT2D eigenvalue weighted by atomic mass is 32.2. The molecule has 1 saturated heterocycles. The Kier molecular flexibility index (Phi) is 6.80. The second-order valence-corrected chi connectivity index (χ2v) is 7.89. The Labute approximate surface area is 149 Å². The summed E-state index contributed by atoms with van der Waals surface area (Å²) in [4.78, 5) is 12.8. The van der Waals surface area contributed by atoms with Gasteiger partial charge in [0.1, 0.15) is 5.75 Å². The lowest BCUT2D eigenvalue weighted by Crippen LogP contribution is -2.42. The van der Waals surface area contributed by atoms with Crippen molar-refractivity contribution in [3.63, 3.8) is 0 Å². The highest BCUT2D eigenvalue weighted by Gasteiger charge is 2.25. The number of nitrogens with one attached hydrogen (secondary N) is 2. The lowest BCUT2D eigenvalue weighted by Gasteiger charge is -2.24. The largest absolute Gasteiger partial charge is 0.496 e. The summed E-state index contributed by atoms with van der Waals surface area (Å²) in [6, 6.07) is 4.51. The van der Waals surface area contributed by atoms with Gasteiger partial charge in [0.05, 0.1) is 17.6 Å². The zero-order valence-corrected chi connectivity index (χ0v) is 15.9. The molecule has 1 aliphatic heterocycles. The van der Waals surface area contributed by atoms with Crippen LogP contribution < -0.4 is 15.4 Å². The average Bonchev–Trinajstić information content (AvgIpc) is 2.62. The van der Waals surface area contributed by atoms with Gasteiger partial charge >= 0.3 is 0 Å². The molecule has 0 radical (unpaired) electrons. The Morgan fingerprint density at radius 2 is 1.92 bits per heavy atom. The van der Waals surface area contributed by atoms with Gasteiger partial charge < -0.3 is 15.4 Å². The van der Waals surface area contributed by atoms with Crippen LogP contribution >= 0.6 is 0 Å². The third-order valence-corrected chi connectivity index (χ3v) is 6.48. The maximum absolute atomic E-state index is 12.7. The van der Waals surface area contributed by atoms with E-state index in [1.54, 1.807) is 13.8 Å². The summed E-state index contributed by atoms with van der Waals surface area (Å²) in [5.41, 5.74) is 0.245. The smallest absolute Gasteiger partial charge is 0.255 e. The number of carbonyl (C=O) groups is 1. The van der Waals surface area contributed by atoms with Gasteiger partial charge in [-0.05, 0) is 44.1 Å². The van der Waals surface area contributed by atoms with Gasteiger partial charge in [-0.3, -0.25) is 4.79 Å². The monoisotopic (exact) mass is 369 g/mol. The Morgan fingerprint density at radius 1 is 1.28 bits per heavy atom. The predicted octanol–water partition coefficient (Wildman–Crippen LogP) is 1.21. The number of carbonyl (C=O) groups excluding carboxylic acids is 1. The average molecular weight is 369 g/mol. The van der Waals surface area contributed by atoms with Crippen LogP contribution in [0.1, 0.15) is 37.0 Å². The van der Waals surface area contributed by atoms with Crippen LogP contribution in [0.4, 0.5) is 0 Å². The lowest BCUT2D eigenvalue weighted by atomic mass is 10.1. The third kappa shape index (κ3) is 4.50. The minimum Gasteiger partial charge on any atom is -0.496 e.